The Bertz CT molecular complexity index is 523. The molecule has 0 atom stereocenters. The third-order valence-electron chi connectivity index (χ3n) is 2.21. The minimum Gasteiger partial charge on any atom is -0.298 e. The topological polar surface area (TPSA) is 60.7 Å². The molecular formula is C10H9ClN4O. The summed E-state index contributed by atoms with van der Waals surface area (Å²) in [5.41, 5.74) is 1.56. The standard InChI is InChI=1S/C10H9ClN4O/c1-2-15-8(3-4-14-15)9-7(5-16)10(11)13-6-12-9/h3-6H,2H2,1H3. The third kappa shape index (κ3) is 1.69. The molecule has 82 valence electrons. The first-order valence-corrected chi connectivity index (χ1v) is 5.13. The molecule has 0 aromatic carbocycles. The summed E-state index contributed by atoms with van der Waals surface area (Å²) in [5, 5.41) is 4.27. The lowest BCUT2D eigenvalue weighted by Crippen LogP contribution is -2.03. The SMILES string of the molecule is CCn1nccc1-c1ncnc(Cl)c1C=O. The Morgan fingerprint density at radius 1 is 1.50 bits per heavy atom. The third-order valence-corrected chi connectivity index (χ3v) is 2.51. The molecule has 0 bridgehead atoms. The van der Waals surface area contributed by atoms with Crippen molar-refractivity contribution < 1.29 is 4.79 Å². The van der Waals surface area contributed by atoms with Gasteiger partial charge in [0.2, 0.25) is 0 Å². The van der Waals surface area contributed by atoms with Crippen molar-refractivity contribution in [1.82, 2.24) is 19.7 Å². The highest BCUT2D eigenvalue weighted by Crippen LogP contribution is 2.23. The van der Waals surface area contributed by atoms with Gasteiger partial charge < -0.3 is 0 Å². The quantitative estimate of drug-likeness (QED) is 0.603. The molecule has 2 aromatic heterocycles. The van der Waals surface area contributed by atoms with E-state index in [0.29, 0.717) is 24.1 Å². The minimum absolute atomic E-state index is 0.156. The maximum absolute atomic E-state index is 10.9. The number of hydrogen-bond donors (Lipinski definition) is 0. The Kier molecular flexibility index (Phi) is 2.96. The first-order valence-electron chi connectivity index (χ1n) is 4.75. The smallest absolute Gasteiger partial charge is 0.155 e. The van der Waals surface area contributed by atoms with E-state index < -0.39 is 0 Å². The van der Waals surface area contributed by atoms with Gasteiger partial charge in [-0.25, -0.2) is 9.97 Å². The van der Waals surface area contributed by atoms with Gasteiger partial charge in [-0.15, -0.1) is 0 Å². The zero-order valence-electron chi connectivity index (χ0n) is 8.59. The molecule has 0 amide bonds. The maximum atomic E-state index is 10.9. The molecule has 6 heteroatoms. The Hall–Kier alpha value is -1.75. The Balaban J connectivity index is 2.64. The molecule has 0 aliphatic rings. The number of hydrogen-bond acceptors (Lipinski definition) is 4. The fraction of sp³-hybridized carbons (Fsp3) is 0.200. The van der Waals surface area contributed by atoms with Crippen molar-refractivity contribution in [2.75, 3.05) is 0 Å². The van der Waals surface area contributed by atoms with Crippen LogP contribution in [0.4, 0.5) is 0 Å². The van der Waals surface area contributed by atoms with E-state index in [2.05, 4.69) is 15.1 Å². The first kappa shape index (κ1) is 10.8. The summed E-state index contributed by atoms with van der Waals surface area (Å²) < 4.78 is 1.74. The van der Waals surface area contributed by atoms with Gasteiger partial charge in [-0.3, -0.25) is 9.48 Å². The molecule has 0 spiro atoms. The summed E-state index contributed by atoms with van der Waals surface area (Å²) >= 11 is 5.83. The molecule has 0 radical (unpaired) electrons. The maximum Gasteiger partial charge on any atom is 0.155 e. The highest BCUT2D eigenvalue weighted by atomic mass is 35.5. The normalized spacial score (nSPS) is 10.4. The number of carbonyl (C=O) groups is 1. The van der Waals surface area contributed by atoms with Crippen LogP contribution in [-0.4, -0.2) is 26.0 Å². The molecule has 2 heterocycles. The van der Waals surface area contributed by atoms with E-state index in [1.165, 1.54) is 6.33 Å². The highest BCUT2D eigenvalue weighted by Gasteiger charge is 2.14. The molecule has 0 unspecified atom stereocenters. The van der Waals surface area contributed by atoms with E-state index in [9.17, 15) is 4.79 Å². The molecule has 0 saturated heterocycles. The fourth-order valence-corrected chi connectivity index (χ4v) is 1.65. The summed E-state index contributed by atoms with van der Waals surface area (Å²) in [5.74, 6) is 0. The summed E-state index contributed by atoms with van der Waals surface area (Å²) in [4.78, 5) is 18.8. The Morgan fingerprint density at radius 3 is 3.00 bits per heavy atom. The summed E-state index contributed by atoms with van der Waals surface area (Å²) in [7, 11) is 0. The second-order valence-corrected chi connectivity index (χ2v) is 3.43. The zero-order chi connectivity index (χ0) is 11.5. The van der Waals surface area contributed by atoms with E-state index in [1.54, 1.807) is 16.9 Å². The van der Waals surface area contributed by atoms with Crippen LogP contribution in [0.3, 0.4) is 0 Å². The van der Waals surface area contributed by atoms with Crippen LogP contribution in [0.25, 0.3) is 11.4 Å². The Labute approximate surface area is 97.1 Å². The van der Waals surface area contributed by atoms with Crippen molar-refractivity contribution in [2.45, 2.75) is 13.5 Å². The second-order valence-electron chi connectivity index (χ2n) is 3.08. The van der Waals surface area contributed by atoms with Crippen molar-refractivity contribution in [3.8, 4) is 11.4 Å². The van der Waals surface area contributed by atoms with Gasteiger partial charge in [0.25, 0.3) is 0 Å². The number of rotatable bonds is 3. The summed E-state index contributed by atoms with van der Waals surface area (Å²) in [6.45, 7) is 2.65. The van der Waals surface area contributed by atoms with Crippen LogP contribution < -0.4 is 0 Å². The number of aldehydes is 1. The number of nitrogens with zero attached hydrogens (tertiary/aromatic N) is 4. The lowest BCUT2D eigenvalue weighted by molar-refractivity contribution is 0.112. The van der Waals surface area contributed by atoms with Crippen molar-refractivity contribution in [2.24, 2.45) is 0 Å². The van der Waals surface area contributed by atoms with Crippen LogP contribution in [0.15, 0.2) is 18.6 Å². The molecule has 0 N–H and O–H groups in total. The number of carbonyl (C=O) groups excluding carboxylic acids is 1. The molecule has 16 heavy (non-hydrogen) atoms. The van der Waals surface area contributed by atoms with Crippen LogP contribution in [0.1, 0.15) is 17.3 Å². The van der Waals surface area contributed by atoms with Crippen molar-refractivity contribution in [3.05, 3.63) is 29.3 Å². The molecule has 2 aromatic rings. The van der Waals surface area contributed by atoms with Gasteiger partial charge in [0, 0.05) is 12.7 Å². The zero-order valence-corrected chi connectivity index (χ0v) is 9.35. The van der Waals surface area contributed by atoms with Gasteiger partial charge in [0.05, 0.1) is 11.3 Å². The lowest BCUT2D eigenvalue weighted by Gasteiger charge is -2.06. The van der Waals surface area contributed by atoms with E-state index >= 15 is 0 Å². The van der Waals surface area contributed by atoms with Gasteiger partial charge in [-0.05, 0) is 13.0 Å². The van der Waals surface area contributed by atoms with E-state index in [1.807, 2.05) is 6.92 Å². The molecule has 0 aliphatic carbocycles. The van der Waals surface area contributed by atoms with Crippen LogP contribution in [0, 0.1) is 0 Å². The molecular weight excluding hydrogens is 228 g/mol. The largest absolute Gasteiger partial charge is 0.298 e. The van der Waals surface area contributed by atoms with E-state index in [-0.39, 0.29) is 5.15 Å². The van der Waals surface area contributed by atoms with Crippen LogP contribution in [-0.2, 0) is 6.54 Å². The van der Waals surface area contributed by atoms with Crippen LogP contribution in [0.2, 0.25) is 5.15 Å². The minimum atomic E-state index is 0.156. The van der Waals surface area contributed by atoms with E-state index in [0.717, 1.165) is 5.69 Å². The lowest BCUT2D eigenvalue weighted by atomic mass is 10.2. The molecule has 0 fully saturated rings. The monoisotopic (exact) mass is 236 g/mol. The first-order chi connectivity index (χ1) is 7.77. The van der Waals surface area contributed by atoms with Gasteiger partial charge in [-0.2, -0.15) is 5.10 Å². The molecule has 0 aliphatic heterocycles. The van der Waals surface area contributed by atoms with Crippen molar-refractivity contribution >= 4 is 17.9 Å². The number of halogens is 1. The molecule has 0 saturated carbocycles. The van der Waals surface area contributed by atoms with E-state index in [4.69, 9.17) is 11.6 Å². The summed E-state index contributed by atoms with van der Waals surface area (Å²) in [6, 6.07) is 1.79. The van der Waals surface area contributed by atoms with Crippen molar-refractivity contribution in [3.63, 3.8) is 0 Å². The summed E-state index contributed by atoms with van der Waals surface area (Å²) in [6.07, 6.45) is 3.64. The van der Waals surface area contributed by atoms with Gasteiger partial charge in [0.15, 0.2) is 6.29 Å². The molecule has 2 rings (SSSR count). The Morgan fingerprint density at radius 2 is 2.31 bits per heavy atom. The molecule has 5 nitrogen and oxygen atoms in total. The van der Waals surface area contributed by atoms with Crippen LogP contribution >= 0.6 is 11.6 Å². The average molecular weight is 237 g/mol. The van der Waals surface area contributed by atoms with Crippen LogP contribution in [0.5, 0.6) is 0 Å². The fourth-order valence-electron chi connectivity index (χ4n) is 1.47. The predicted octanol–water partition coefficient (Wildman–Crippen LogP) is 1.83. The average Bonchev–Trinajstić information content (AvgIpc) is 2.76. The second kappa shape index (κ2) is 4.40. The highest BCUT2D eigenvalue weighted by molar-refractivity contribution is 6.32. The number of aryl methyl sites for hydroxylation is 1. The van der Waals surface area contributed by atoms with Gasteiger partial charge in [0.1, 0.15) is 17.2 Å². The van der Waals surface area contributed by atoms with Gasteiger partial charge >= 0.3 is 0 Å². The predicted molar refractivity (Wildman–Crippen MR) is 59.3 cm³/mol. The van der Waals surface area contributed by atoms with Crippen molar-refractivity contribution in [1.29, 1.82) is 0 Å². The number of aromatic nitrogens is 4. The van der Waals surface area contributed by atoms with Gasteiger partial charge in [-0.1, -0.05) is 11.6 Å².